The third kappa shape index (κ3) is 6.34. The van der Waals surface area contributed by atoms with Crippen LogP contribution in [0.15, 0.2) is 164 Å². The van der Waals surface area contributed by atoms with E-state index in [4.69, 9.17) is 9.72 Å². The summed E-state index contributed by atoms with van der Waals surface area (Å²) in [6.45, 7) is 18.8. The maximum Gasteiger partial charge on any atom is 0.154 e. The van der Waals surface area contributed by atoms with E-state index in [2.05, 4.69) is 232 Å². The molecule has 6 heteroatoms. The highest BCUT2D eigenvalue weighted by molar-refractivity contribution is 6.30. The summed E-state index contributed by atoms with van der Waals surface area (Å²) in [7, 11) is 0. The van der Waals surface area contributed by atoms with Gasteiger partial charge in [-0.15, -0.1) is 0 Å². The number of para-hydroxylation sites is 5. The lowest BCUT2D eigenvalue weighted by Gasteiger charge is -2.28. The van der Waals surface area contributed by atoms with Crippen LogP contribution in [0.3, 0.4) is 0 Å². The third-order valence-electron chi connectivity index (χ3n) is 13.1. The Morgan fingerprint density at radius 2 is 1.09 bits per heavy atom. The van der Waals surface area contributed by atoms with Gasteiger partial charge in [-0.3, -0.25) is 4.57 Å². The number of hydrogen-bond donors (Lipinski definition) is 0. The summed E-state index contributed by atoms with van der Waals surface area (Å²) in [5.41, 5.74) is 15.2. The van der Waals surface area contributed by atoms with Crippen molar-refractivity contribution in [1.29, 1.82) is 0 Å². The van der Waals surface area contributed by atoms with Gasteiger partial charge in [0, 0.05) is 56.9 Å². The normalized spacial score (nSPS) is 13.2. The number of rotatable bonds is 6. The van der Waals surface area contributed by atoms with Crippen molar-refractivity contribution in [2.75, 3.05) is 16.5 Å². The van der Waals surface area contributed by atoms with Gasteiger partial charge in [0.25, 0.3) is 0 Å². The van der Waals surface area contributed by atoms with Crippen LogP contribution in [0.4, 0.5) is 22.7 Å². The minimum Gasteiger partial charge on any atom is -0.455 e. The summed E-state index contributed by atoms with van der Waals surface area (Å²) >= 11 is 0. The van der Waals surface area contributed by atoms with E-state index in [0.717, 1.165) is 56.1 Å². The molecule has 4 heterocycles. The minimum absolute atomic E-state index is 0.0481. The molecule has 0 amide bonds. The van der Waals surface area contributed by atoms with Crippen molar-refractivity contribution >= 4 is 66.4 Å². The molecule has 0 aliphatic carbocycles. The predicted molar refractivity (Wildman–Crippen MR) is 268 cm³/mol. The largest absolute Gasteiger partial charge is 0.455 e. The molecule has 0 radical (unpaired) electrons. The average Bonchev–Trinajstić information content (AvgIpc) is 3.94. The number of aryl methyl sites for hydroxylation is 2. The molecule has 3 aromatic heterocycles. The van der Waals surface area contributed by atoms with E-state index >= 15 is 0 Å². The zero-order chi connectivity index (χ0) is 44.1. The predicted octanol–water partition coefficient (Wildman–Crippen LogP) is 15.5. The molecule has 0 N–H and O–H groups in total. The van der Waals surface area contributed by atoms with Crippen LogP contribution in [0.25, 0.3) is 55.1 Å². The first kappa shape index (κ1) is 39.5. The molecule has 0 fully saturated rings. The van der Waals surface area contributed by atoms with Crippen LogP contribution >= 0.6 is 0 Å². The minimum atomic E-state index is -0.0481. The summed E-state index contributed by atoms with van der Waals surface area (Å²) in [6, 6.07) is 56.8. The summed E-state index contributed by atoms with van der Waals surface area (Å²) in [4.78, 5) is 9.92. The first-order valence-corrected chi connectivity index (χ1v) is 22.4. The molecule has 1 aliphatic rings. The molecule has 7 aromatic carbocycles. The number of anilines is 4. The molecule has 0 atom stereocenters. The third-order valence-corrected chi connectivity index (χ3v) is 13.1. The quantitative estimate of drug-likeness (QED) is 0.167. The second-order valence-corrected chi connectivity index (χ2v) is 19.5. The van der Waals surface area contributed by atoms with Crippen LogP contribution in [0, 0.1) is 13.8 Å². The molecule has 0 saturated carbocycles. The fourth-order valence-corrected chi connectivity index (χ4v) is 10.0. The van der Waals surface area contributed by atoms with Gasteiger partial charge in [0.1, 0.15) is 18.2 Å². The molecule has 0 spiro atoms. The van der Waals surface area contributed by atoms with E-state index in [9.17, 15) is 0 Å². The highest BCUT2D eigenvalue weighted by Gasteiger charge is 2.31. The Morgan fingerprint density at radius 1 is 0.500 bits per heavy atom. The van der Waals surface area contributed by atoms with Gasteiger partial charge < -0.3 is 19.1 Å². The Hall–Kier alpha value is -7.31. The van der Waals surface area contributed by atoms with Gasteiger partial charge in [0.2, 0.25) is 0 Å². The Bertz CT molecular complexity index is 3430. The van der Waals surface area contributed by atoms with Crippen molar-refractivity contribution in [2.24, 2.45) is 0 Å². The van der Waals surface area contributed by atoms with E-state index in [1.54, 1.807) is 0 Å². The fraction of sp³-hybridized carbons (Fsp3) is 0.190. The number of pyridine rings is 1. The highest BCUT2D eigenvalue weighted by atomic mass is 16.5. The van der Waals surface area contributed by atoms with E-state index in [1.165, 1.54) is 55.5 Å². The molecule has 10 aromatic rings. The van der Waals surface area contributed by atoms with Gasteiger partial charge in [0.15, 0.2) is 5.75 Å². The van der Waals surface area contributed by atoms with Crippen LogP contribution in [0.5, 0.6) is 11.5 Å². The van der Waals surface area contributed by atoms with Gasteiger partial charge in [-0.1, -0.05) is 126 Å². The molecule has 0 unspecified atom stereocenters. The van der Waals surface area contributed by atoms with Gasteiger partial charge >= 0.3 is 0 Å². The molecular formula is C58H53N5O. The molecule has 0 saturated heterocycles. The first-order chi connectivity index (χ1) is 30.8. The van der Waals surface area contributed by atoms with Crippen molar-refractivity contribution in [3.8, 4) is 23.0 Å². The van der Waals surface area contributed by atoms with Crippen LogP contribution in [-0.4, -0.2) is 20.8 Å². The number of aromatic nitrogens is 3. The summed E-state index contributed by atoms with van der Waals surface area (Å²) in [5, 5.41) is 4.67. The number of hydrogen-bond acceptors (Lipinski definition) is 4. The fourth-order valence-electron chi connectivity index (χ4n) is 10.0. The van der Waals surface area contributed by atoms with Crippen molar-refractivity contribution in [1.82, 2.24) is 14.1 Å². The number of ether oxygens (including phenoxy) is 1. The number of fused-ring (bicyclic) bond motifs is 8. The Balaban J connectivity index is 1.12. The smallest absolute Gasteiger partial charge is 0.154 e. The topological polar surface area (TPSA) is 38.5 Å². The molecule has 11 rings (SSSR count). The molecule has 316 valence electrons. The standard InChI is InChI=1S/C58H53N5O/c1-37-31-40(58(6,7)8)32-38(2)55(37)61-36-60(48-27-16-17-28-49(48)61)42-21-18-22-43(34-42)64-51-35-50-53(54-45-24-13-14-25-46(45)62(56(51)54)41-19-10-9-11-20-41)44-23-12-15-26-47(44)63(50)52-33-39(29-30-59-52)57(3,4)5/h9-35H,36H2,1-8H3. The van der Waals surface area contributed by atoms with Gasteiger partial charge in [-0.2, -0.15) is 0 Å². The molecule has 6 nitrogen and oxygen atoms in total. The van der Waals surface area contributed by atoms with Crippen molar-refractivity contribution in [3.63, 3.8) is 0 Å². The molecule has 1 aliphatic heterocycles. The van der Waals surface area contributed by atoms with E-state index in [0.29, 0.717) is 6.67 Å². The van der Waals surface area contributed by atoms with Crippen molar-refractivity contribution in [3.05, 3.63) is 186 Å². The SMILES string of the molecule is Cc1cc(C(C)(C)C)cc(C)c1N1CN(c2cccc(Oc3cc4c(c5ccccc5n4-c4cc(C(C)(C)C)ccn4)c4c5ccccc5n(-c5ccccc5)c34)c2)c2ccccc21. The Labute approximate surface area is 375 Å². The van der Waals surface area contributed by atoms with Crippen molar-refractivity contribution in [2.45, 2.75) is 66.2 Å². The van der Waals surface area contributed by atoms with Crippen LogP contribution in [0.2, 0.25) is 0 Å². The lowest BCUT2D eigenvalue weighted by atomic mass is 9.84. The van der Waals surface area contributed by atoms with Gasteiger partial charge in [0.05, 0.1) is 33.4 Å². The van der Waals surface area contributed by atoms with Crippen LogP contribution in [-0.2, 0) is 10.8 Å². The van der Waals surface area contributed by atoms with E-state index in [1.807, 2.05) is 6.20 Å². The second kappa shape index (κ2) is 14.6. The zero-order valence-electron chi connectivity index (χ0n) is 37.9. The molecule has 64 heavy (non-hydrogen) atoms. The van der Waals surface area contributed by atoms with E-state index in [-0.39, 0.29) is 10.8 Å². The zero-order valence-corrected chi connectivity index (χ0v) is 37.9. The molecule has 0 bridgehead atoms. The highest BCUT2D eigenvalue weighted by Crippen LogP contribution is 2.50. The monoisotopic (exact) mass is 835 g/mol. The summed E-state index contributed by atoms with van der Waals surface area (Å²) in [5.74, 6) is 2.41. The summed E-state index contributed by atoms with van der Waals surface area (Å²) < 4.78 is 12.0. The first-order valence-electron chi connectivity index (χ1n) is 22.4. The van der Waals surface area contributed by atoms with Crippen LogP contribution in [0.1, 0.15) is 63.8 Å². The Kier molecular flexibility index (Phi) is 9.04. The molecular weight excluding hydrogens is 783 g/mol. The Morgan fingerprint density at radius 3 is 1.78 bits per heavy atom. The lowest BCUT2D eigenvalue weighted by Crippen LogP contribution is -2.25. The number of benzene rings is 7. The number of nitrogens with zero attached hydrogens (tertiary/aromatic N) is 5. The van der Waals surface area contributed by atoms with E-state index < -0.39 is 0 Å². The van der Waals surface area contributed by atoms with Gasteiger partial charge in [-0.25, -0.2) is 4.98 Å². The lowest BCUT2D eigenvalue weighted by molar-refractivity contribution is 0.487. The van der Waals surface area contributed by atoms with Gasteiger partial charge in [-0.05, 0) is 108 Å². The van der Waals surface area contributed by atoms with Crippen molar-refractivity contribution < 1.29 is 4.74 Å². The van der Waals surface area contributed by atoms with Crippen LogP contribution < -0.4 is 14.5 Å². The maximum atomic E-state index is 7.34. The second-order valence-electron chi connectivity index (χ2n) is 19.5. The maximum absolute atomic E-state index is 7.34. The average molecular weight is 836 g/mol. The summed E-state index contributed by atoms with van der Waals surface area (Å²) in [6.07, 6.45) is 1.94.